The molecule has 0 aromatic heterocycles. The fourth-order valence-corrected chi connectivity index (χ4v) is 5.08. The first kappa shape index (κ1) is 26.3. The molecule has 37 heavy (non-hydrogen) atoms. The lowest BCUT2D eigenvalue weighted by molar-refractivity contribution is -0.142. The molecule has 192 valence electrons. The van der Waals surface area contributed by atoms with Crippen molar-refractivity contribution in [2.24, 2.45) is 0 Å². The molecule has 0 bridgehead atoms. The molecule has 1 aliphatic rings. The van der Waals surface area contributed by atoms with Gasteiger partial charge >= 0.3 is 12.1 Å². The molecule has 0 spiro atoms. The summed E-state index contributed by atoms with van der Waals surface area (Å²) in [6.07, 6.45) is 1.67. The number of hydrogen-bond acceptors (Lipinski definition) is 5. The average Bonchev–Trinajstić information content (AvgIpc) is 3.23. The van der Waals surface area contributed by atoms with Crippen molar-refractivity contribution in [3.63, 3.8) is 0 Å². The van der Waals surface area contributed by atoms with Crippen molar-refractivity contribution in [1.82, 2.24) is 10.6 Å². The van der Waals surface area contributed by atoms with Crippen molar-refractivity contribution in [2.75, 3.05) is 18.6 Å². The molecule has 0 heterocycles. The van der Waals surface area contributed by atoms with E-state index in [0.29, 0.717) is 12.2 Å². The van der Waals surface area contributed by atoms with Gasteiger partial charge in [0.05, 0.1) is 0 Å². The number of amides is 2. The van der Waals surface area contributed by atoms with Crippen molar-refractivity contribution < 1.29 is 24.2 Å². The predicted molar refractivity (Wildman–Crippen MR) is 145 cm³/mol. The Hall–Kier alpha value is -3.78. The summed E-state index contributed by atoms with van der Waals surface area (Å²) in [5, 5.41) is 14.9. The Kier molecular flexibility index (Phi) is 8.85. The molecule has 0 fully saturated rings. The Morgan fingerprint density at radius 1 is 0.865 bits per heavy atom. The van der Waals surface area contributed by atoms with Gasteiger partial charge in [0.1, 0.15) is 18.7 Å². The molecule has 1 aliphatic carbocycles. The summed E-state index contributed by atoms with van der Waals surface area (Å²) >= 11 is 1.53. The van der Waals surface area contributed by atoms with E-state index in [4.69, 9.17) is 4.74 Å². The Labute approximate surface area is 220 Å². The molecule has 1 unspecified atom stereocenters. The van der Waals surface area contributed by atoms with Crippen LogP contribution in [0.25, 0.3) is 11.1 Å². The summed E-state index contributed by atoms with van der Waals surface area (Å²) in [7, 11) is 0. The van der Waals surface area contributed by atoms with Crippen LogP contribution in [0.15, 0.2) is 78.9 Å². The van der Waals surface area contributed by atoms with Crippen LogP contribution >= 0.6 is 11.8 Å². The van der Waals surface area contributed by atoms with Crippen LogP contribution in [0.1, 0.15) is 29.0 Å². The van der Waals surface area contributed by atoms with E-state index in [2.05, 4.69) is 22.8 Å². The molecular formula is C29H30N2O5S. The van der Waals surface area contributed by atoms with Crippen LogP contribution in [0, 0.1) is 0 Å². The number of carboxylic acids is 1. The number of nitrogens with one attached hydrogen (secondary N) is 2. The molecule has 0 radical (unpaired) electrons. The minimum atomic E-state index is -1.14. The Balaban J connectivity index is 1.40. The van der Waals surface area contributed by atoms with Crippen LogP contribution in [0.5, 0.6) is 0 Å². The zero-order valence-electron chi connectivity index (χ0n) is 20.6. The molecule has 7 nitrogen and oxygen atoms in total. The first-order chi connectivity index (χ1) is 18.0. The van der Waals surface area contributed by atoms with E-state index in [-0.39, 0.29) is 18.9 Å². The third-order valence-electron chi connectivity index (χ3n) is 6.46. The Morgan fingerprint density at radius 3 is 2.05 bits per heavy atom. The fourth-order valence-electron chi connectivity index (χ4n) is 4.61. The number of hydrogen-bond donors (Lipinski definition) is 3. The Bertz CT molecular complexity index is 1200. The molecule has 0 saturated heterocycles. The predicted octanol–water partition coefficient (Wildman–Crippen LogP) is 4.46. The summed E-state index contributed by atoms with van der Waals surface area (Å²) in [4.78, 5) is 37.6. The molecule has 3 aromatic rings. The number of benzene rings is 3. The highest BCUT2D eigenvalue weighted by Crippen LogP contribution is 2.44. The summed E-state index contributed by atoms with van der Waals surface area (Å²) < 4.78 is 5.60. The highest BCUT2D eigenvalue weighted by molar-refractivity contribution is 7.98. The normalized spacial score (nSPS) is 13.6. The second-order valence-corrected chi connectivity index (χ2v) is 9.88. The molecule has 3 N–H and O–H groups in total. The highest BCUT2D eigenvalue weighted by Gasteiger charge is 2.30. The minimum Gasteiger partial charge on any atom is -0.480 e. The van der Waals surface area contributed by atoms with E-state index >= 15 is 0 Å². The quantitative estimate of drug-likeness (QED) is 0.346. The highest BCUT2D eigenvalue weighted by atomic mass is 32.2. The van der Waals surface area contributed by atoms with E-state index in [1.54, 1.807) is 0 Å². The van der Waals surface area contributed by atoms with Gasteiger partial charge < -0.3 is 20.5 Å². The smallest absolute Gasteiger partial charge is 0.407 e. The van der Waals surface area contributed by atoms with E-state index in [1.807, 2.05) is 73.0 Å². The molecule has 8 heteroatoms. The van der Waals surface area contributed by atoms with Crippen molar-refractivity contribution >= 4 is 29.7 Å². The van der Waals surface area contributed by atoms with Gasteiger partial charge in [-0.05, 0) is 46.2 Å². The van der Waals surface area contributed by atoms with Gasteiger partial charge in [-0.15, -0.1) is 0 Å². The van der Waals surface area contributed by atoms with Gasteiger partial charge in [0.25, 0.3) is 0 Å². The average molecular weight is 519 g/mol. The third-order valence-corrected chi connectivity index (χ3v) is 7.10. The van der Waals surface area contributed by atoms with Crippen LogP contribution in [0.4, 0.5) is 4.79 Å². The van der Waals surface area contributed by atoms with Gasteiger partial charge in [0.15, 0.2) is 0 Å². The first-order valence-corrected chi connectivity index (χ1v) is 13.5. The van der Waals surface area contributed by atoms with Gasteiger partial charge in [-0.3, -0.25) is 4.79 Å². The van der Waals surface area contributed by atoms with Crippen molar-refractivity contribution in [1.29, 1.82) is 0 Å². The molecule has 0 aliphatic heterocycles. The lowest BCUT2D eigenvalue weighted by Gasteiger charge is -2.22. The van der Waals surface area contributed by atoms with Crippen molar-refractivity contribution in [3.8, 4) is 11.1 Å². The number of thioether (sulfide) groups is 1. The number of carbonyl (C=O) groups excluding carboxylic acids is 2. The van der Waals surface area contributed by atoms with E-state index in [1.165, 1.54) is 11.8 Å². The molecule has 2 atom stereocenters. The number of aliphatic carboxylic acids is 1. The number of ether oxygens (including phenoxy) is 1. The maximum atomic E-state index is 13.0. The van der Waals surface area contributed by atoms with Gasteiger partial charge in [0, 0.05) is 12.3 Å². The SMILES string of the molecule is CSCC[C@H](NC(=O)OCC1c2ccccc2-c2ccccc21)C(=O)NC(Cc1ccccc1)C(=O)O. The van der Waals surface area contributed by atoms with Crippen LogP contribution in [0.3, 0.4) is 0 Å². The van der Waals surface area contributed by atoms with Gasteiger partial charge in [0.2, 0.25) is 5.91 Å². The van der Waals surface area contributed by atoms with Crippen molar-refractivity contribution in [3.05, 3.63) is 95.6 Å². The zero-order valence-corrected chi connectivity index (χ0v) is 21.4. The minimum absolute atomic E-state index is 0.0983. The molecular weight excluding hydrogens is 488 g/mol. The summed E-state index contributed by atoms with van der Waals surface area (Å²) in [6.45, 7) is 0.127. The van der Waals surface area contributed by atoms with Crippen LogP contribution < -0.4 is 10.6 Å². The van der Waals surface area contributed by atoms with E-state index < -0.39 is 30.1 Å². The topological polar surface area (TPSA) is 105 Å². The molecule has 2 amide bonds. The molecule has 3 aromatic carbocycles. The van der Waals surface area contributed by atoms with Crippen LogP contribution in [0.2, 0.25) is 0 Å². The monoisotopic (exact) mass is 518 g/mol. The second kappa shape index (κ2) is 12.5. The fraction of sp³-hybridized carbons (Fsp3) is 0.276. The van der Waals surface area contributed by atoms with Crippen molar-refractivity contribution in [2.45, 2.75) is 30.8 Å². The van der Waals surface area contributed by atoms with Gasteiger partial charge in [-0.25, -0.2) is 9.59 Å². The lowest BCUT2D eigenvalue weighted by Crippen LogP contribution is -2.52. The molecule has 0 saturated carbocycles. The number of carboxylic acid groups (broad SMARTS) is 1. The Morgan fingerprint density at radius 2 is 1.46 bits per heavy atom. The second-order valence-electron chi connectivity index (χ2n) is 8.89. The van der Waals surface area contributed by atoms with Crippen LogP contribution in [-0.4, -0.2) is 53.8 Å². The summed E-state index contributed by atoms with van der Waals surface area (Å²) in [5.74, 6) is -1.18. The third kappa shape index (κ3) is 6.51. The van der Waals surface area contributed by atoms with Crippen LogP contribution in [-0.2, 0) is 20.7 Å². The van der Waals surface area contributed by atoms with E-state index in [0.717, 1.165) is 27.8 Å². The summed E-state index contributed by atoms with van der Waals surface area (Å²) in [6, 6.07) is 23.2. The largest absolute Gasteiger partial charge is 0.480 e. The van der Waals surface area contributed by atoms with Gasteiger partial charge in [-0.2, -0.15) is 11.8 Å². The standard InChI is InChI=1S/C29H30N2O5S/c1-37-16-15-25(27(32)30-26(28(33)34)17-19-9-3-2-4-10-19)31-29(35)36-18-24-22-13-7-5-11-20(22)21-12-6-8-14-23(21)24/h2-14,24-26H,15-18H2,1H3,(H,30,32)(H,31,35)(H,33,34)/t25-,26?/m0/s1. The first-order valence-electron chi connectivity index (χ1n) is 12.2. The van der Waals surface area contributed by atoms with E-state index in [9.17, 15) is 19.5 Å². The maximum absolute atomic E-state index is 13.0. The maximum Gasteiger partial charge on any atom is 0.407 e. The summed E-state index contributed by atoms with van der Waals surface area (Å²) in [5.41, 5.74) is 5.24. The molecule has 4 rings (SSSR count). The number of carbonyl (C=O) groups is 3. The van der Waals surface area contributed by atoms with Gasteiger partial charge in [-0.1, -0.05) is 78.9 Å². The lowest BCUT2D eigenvalue weighted by atomic mass is 9.98. The zero-order chi connectivity index (χ0) is 26.2. The number of fused-ring (bicyclic) bond motifs is 3. The number of alkyl carbamates (subject to hydrolysis) is 1. The number of rotatable bonds is 11.